The smallest absolute Gasteiger partial charge is 0.262 e. The van der Waals surface area contributed by atoms with Crippen molar-refractivity contribution in [3.63, 3.8) is 0 Å². The standard InChI is InChI=1S/C52H64ClN7O7S/c1-32(35-12-14-36(15-13-35)47-33(2)54-31-68-47)55-49(64)44-27-39(61)30-59(44)51(66)48(52(4,5)6)56-45(62)11-9-8-10-22-57-23-25-58(26-24-57)46(63)29-41-34(3)60(43-21-20-40(67-7)28-42(41)43)50(65)37-16-18-38(53)19-17-37/h12-21,28,31-32,39,44,48,61H,8-11,22-27,29-30H2,1-7H3,(H,55,64)(H,56,62)/t32-,39+,44-,48+/m0/s1. The summed E-state index contributed by atoms with van der Waals surface area (Å²) >= 11 is 7.67. The van der Waals surface area contributed by atoms with E-state index >= 15 is 0 Å². The van der Waals surface area contributed by atoms with E-state index in [0.29, 0.717) is 47.1 Å². The molecular formula is C52H64ClN7O7S. The van der Waals surface area contributed by atoms with Gasteiger partial charge in [-0.05, 0) is 105 Å². The molecule has 4 heterocycles. The molecule has 7 rings (SSSR count). The number of ether oxygens (including phenoxy) is 1. The molecule has 0 unspecified atom stereocenters. The summed E-state index contributed by atoms with van der Waals surface area (Å²) in [6.45, 7) is 14.9. The van der Waals surface area contributed by atoms with Crippen molar-refractivity contribution in [2.75, 3.05) is 46.4 Å². The van der Waals surface area contributed by atoms with Crippen LogP contribution in [-0.4, -0.2) is 123 Å². The molecule has 3 aromatic carbocycles. The molecule has 14 nitrogen and oxygen atoms in total. The van der Waals surface area contributed by atoms with E-state index in [1.54, 1.807) is 47.3 Å². The molecule has 4 amide bonds. The highest BCUT2D eigenvalue weighted by Crippen LogP contribution is 2.33. The molecule has 2 aliphatic rings. The number of aromatic nitrogens is 2. The first kappa shape index (κ1) is 50.3. The van der Waals surface area contributed by atoms with Crippen LogP contribution in [0.4, 0.5) is 0 Å². The molecule has 5 aromatic rings. The number of carbonyl (C=O) groups is 5. The van der Waals surface area contributed by atoms with Crippen molar-refractivity contribution in [1.29, 1.82) is 0 Å². The number of fused-ring (bicyclic) bond motifs is 1. The van der Waals surface area contributed by atoms with Gasteiger partial charge in [0.2, 0.25) is 23.6 Å². The van der Waals surface area contributed by atoms with Gasteiger partial charge in [0, 0.05) is 67.2 Å². The largest absolute Gasteiger partial charge is 0.497 e. The summed E-state index contributed by atoms with van der Waals surface area (Å²) in [7, 11) is 1.59. The highest BCUT2D eigenvalue weighted by atomic mass is 35.5. The summed E-state index contributed by atoms with van der Waals surface area (Å²) < 4.78 is 7.17. The molecule has 0 radical (unpaired) electrons. The van der Waals surface area contributed by atoms with Crippen LogP contribution in [0.5, 0.6) is 5.75 Å². The fourth-order valence-electron chi connectivity index (χ4n) is 9.33. The Hall–Kier alpha value is -5.61. The van der Waals surface area contributed by atoms with Crippen molar-refractivity contribution in [1.82, 2.24) is 34.9 Å². The second-order valence-electron chi connectivity index (χ2n) is 19.2. The number of hydrogen-bond acceptors (Lipinski definition) is 10. The van der Waals surface area contributed by atoms with Gasteiger partial charge in [0.05, 0.1) is 47.3 Å². The molecule has 362 valence electrons. The van der Waals surface area contributed by atoms with Crippen molar-refractivity contribution in [2.24, 2.45) is 5.41 Å². The topological polar surface area (TPSA) is 166 Å². The normalized spacial score (nSPS) is 17.5. The average Bonchev–Trinajstić information content (AvgIpc) is 4.01. The first-order chi connectivity index (χ1) is 32.4. The molecule has 2 aromatic heterocycles. The number of nitrogens with one attached hydrogen (secondary N) is 2. The Morgan fingerprint density at radius 2 is 1.63 bits per heavy atom. The SMILES string of the molecule is COc1ccc2c(c1)c(CC(=O)N1CCN(CCCCCC(=O)N[C@H](C(=O)N3C[C@H](O)C[C@H]3C(=O)N[C@@H](C)c3ccc(-c4scnc4C)cc3)C(C)(C)C)CC1)c(C)n2C(=O)c1ccc(Cl)cc1. The first-order valence-electron chi connectivity index (χ1n) is 23.5. The Labute approximate surface area is 408 Å². The molecule has 0 bridgehead atoms. The number of nitrogens with zero attached hydrogens (tertiary/aromatic N) is 5. The van der Waals surface area contributed by atoms with Crippen LogP contribution in [0.3, 0.4) is 0 Å². The number of piperazine rings is 1. The number of carbonyl (C=O) groups excluding carboxylic acids is 5. The van der Waals surface area contributed by atoms with Crippen molar-refractivity contribution in [3.05, 3.63) is 105 Å². The number of unbranched alkanes of at least 4 members (excludes halogenated alkanes) is 2. The monoisotopic (exact) mass is 965 g/mol. The molecule has 3 N–H and O–H groups in total. The van der Waals surface area contributed by atoms with Crippen molar-refractivity contribution in [3.8, 4) is 16.2 Å². The number of β-amino-alcohol motifs (C(OH)–C–C–N with tert-alkyl or cyclic N) is 1. The van der Waals surface area contributed by atoms with Crippen LogP contribution >= 0.6 is 22.9 Å². The lowest BCUT2D eigenvalue weighted by Gasteiger charge is -2.35. The quantitative estimate of drug-likeness (QED) is 0.0858. The molecule has 68 heavy (non-hydrogen) atoms. The Kier molecular flexibility index (Phi) is 16.1. The minimum atomic E-state index is -0.892. The zero-order chi connectivity index (χ0) is 48.9. The third-order valence-electron chi connectivity index (χ3n) is 13.3. The predicted octanol–water partition coefficient (Wildman–Crippen LogP) is 7.35. The Bertz CT molecular complexity index is 2610. The third-order valence-corrected chi connectivity index (χ3v) is 14.6. The lowest BCUT2D eigenvalue weighted by Crippen LogP contribution is -2.57. The zero-order valence-corrected chi connectivity index (χ0v) is 41.7. The molecule has 2 aliphatic heterocycles. The maximum absolute atomic E-state index is 14.2. The maximum atomic E-state index is 14.2. The molecule has 0 spiro atoms. The van der Waals surface area contributed by atoms with E-state index < -0.39 is 23.6 Å². The van der Waals surface area contributed by atoms with E-state index in [4.69, 9.17) is 16.3 Å². The number of hydrogen-bond donors (Lipinski definition) is 3. The number of aliphatic hydroxyl groups is 1. The summed E-state index contributed by atoms with van der Waals surface area (Å²) in [6, 6.07) is 18.2. The van der Waals surface area contributed by atoms with Gasteiger partial charge in [0.15, 0.2) is 0 Å². The summed E-state index contributed by atoms with van der Waals surface area (Å²) in [5.74, 6) is -0.525. The van der Waals surface area contributed by atoms with Crippen LogP contribution in [0.15, 0.2) is 72.2 Å². The van der Waals surface area contributed by atoms with Gasteiger partial charge in [-0.15, -0.1) is 11.3 Å². The highest BCUT2D eigenvalue weighted by Gasteiger charge is 2.44. The van der Waals surface area contributed by atoms with Gasteiger partial charge in [-0.2, -0.15) is 0 Å². The van der Waals surface area contributed by atoms with Gasteiger partial charge in [0.25, 0.3) is 5.91 Å². The van der Waals surface area contributed by atoms with Crippen molar-refractivity contribution in [2.45, 2.75) is 104 Å². The average molecular weight is 967 g/mol. The van der Waals surface area contributed by atoms with Gasteiger partial charge in [0.1, 0.15) is 17.8 Å². The number of aryl methyl sites for hydroxylation is 1. The minimum Gasteiger partial charge on any atom is -0.497 e. The minimum absolute atomic E-state index is 0.00108. The second-order valence-corrected chi connectivity index (χ2v) is 20.5. The number of methoxy groups -OCH3 is 1. The summed E-state index contributed by atoms with van der Waals surface area (Å²) in [5, 5.41) is 18.1. The van der Waals surface area contributed by atoms with Crippen molar-refractivity contribution < 1.29 is 33.8 Å². The van der Waals surface area contributed by atoms with Gasteiger partial charge in [-0.3, -0.25) is 33.4 Å². The zero-order valence-electron chi connectivity index (χ0n) is 40.1. The summed E-state index contributed by atoms with van der Waals surface area (Å²) in [4.78, 5) is 79.9. The van der Waals surface area contributed by atoms with Crippen LogP contribution in [0.25, 0.3) is 21.3 Å². The van der Waals surface area contributed by atoms with Crippen LogP contribution in [0.2, 0.25) is 5.02 Å². The molecule has 0 aliphatic carbocycles. The Morgan fingerprint density at radius 1 is 0.926 bits per heavy atom. The van der Waals surface area contributed by atoms with E-state index in [1.807, 2.05) is 94.4 Å². The highest BCUT2D eigenvalue weighted by molar-refractivity contribution is 7.13. The number of amides is 4. The van der Waals surface area contributed by atoms with E-state index in [0.717, 1.165) is 65.1 Å². The van der Waals surface area contributed by atoms with Gasteiger partial charge >= 0.3 is 0 Å². The Morgan fingerprint density at radius 3 is 2.28 bits per heavy atom. The van der Waals surface area contributed by atoms with Crippen LogP contribution in [0, 0.1) is 19.3 Å². The second kappa shape index (κ2) is 21.8. The number of aliphatic hydroxyl groups excluding tert-OH is 1. The Balaban J connectivity index is 0.861. The van der Waals surface area contributed by atoms with Gasteiger partial charge < -0.3 is 30.3 Å². The molecule has 4 atom stereocenters. The third kappa shape index (κ3) is 11.6. The number of benzene rings is 3. The maximum Gasteiger partial charge on any atom is 0.262 e. The molecule has 16 heteroatoms. The number of rotatable bonds is 16. The summed E-state index contributed by atoms with van der Waals surface area (Å²) in [6.07, 6.45) is 1.99. The van der Waals surface area contributed by atoms with E-state index in [2.05, 4.69) is 20.5 Å². The first-order valence-corrected chi connectivity index (χ1v) is 24.8. The molecule has 0 saturated carbocycles. The summed E-state index contributed by atoms with van der Waals surface area (Å²) in [5.41, 5.74) is 6.80. The van der Waals surface area contributed by atoms with Crippen LogP contribution in [0.1, 0.15) is 98.7 Å². The molecular weight excluding hydrogens is 902 g/mol. The number of thiazole rings is 1. The van der Waals surface area contributed by atoms with Crippen LogP contribution in [-0.2, 0) is 25.6 Å². The van der Waals surface area contributed by atoms with E-state index in [1.165, 1.54) is 4.90 Å². The lowest BCUT2D eigenvalue weighted by molar-refractivity contribution is -0.144. The van der Waals surface area contributed by atoms with E-state index in [-0.39, 0.29) is 61.4 Å². The fraction of sp³-hybridized carbons (Fsp3) is 0.462. The fourth-order valence-corrected chi connectivity index (χ4v) is 10.3. The lowest BCUT2D eigenvalue weighted by atomic mass is 9.85. The van der Waals surface area contributed by atoms with E-state index in [9.17, 15) is 29.1 Å². The van der Waals surface area contributed by atoms with Gasteiger partial charge in [-0.25, -0.2) is 4.98 Å². The van der Waals surface area contributed by atoms with Gasteiger partial charge in [-0.1, -0.05) is 63.1 Å². The molecule has 2 saturated heterocycles. The number of likely N-dealkylation sites (tertiary alicyclic amines) is 1. The molecule has 2 fully saturated rings. The van der Waals surface area contributed by atoms with Crippen LogP contribution < -0.4 is 15.4 Å². The number of halogens is 1. The predicted molar refractivity (Wildman–Crippen MR) is 266 cm³/mol. The van der Waals surface area contributed by atoms with Crippen molar-refractivity contribution >= 4 is 63.4 Å².